The van der Waals surface area contributed by atoms with Crippen LogP contribution in [0, 0.1) is 0 Å². The van der Waals surface area contributed by atoms with Crippen molar-refractivity contribution < 1.29 is 33.2 Å². The fraction of sp³-hybridized carbons (Fsp3) is 0.283. The summed E-state index contributed by atoms with van der Waals surface area (Å²) in [7, 11) is 8.76. The molecule has 56 heavy (non-hydrogen) atoms. The summed E-state index contributed by atoms with van der Waals surface area (Å²) in [6.07, 6.45) is 6.35. The summed E-state index contributed by atoms with van der Waals surface area (Å²) < 4.78 is 37.8. The van der Waals surface area contributed by atoms with Crippen LogP contribution >= 0.6 is 0 Å². The number of carbonyl (C=O) groups excluding carboxylic acids is 1. The van der Waals surface area contributed by atoms with E-state index in [2.05, 4.69) is 41.2 Å². The molecule has 0 aliphatic carbocycles. The Morgan fingerprint density at radius 1 is 0.714 bits per heavy atom. The Morgan fingerprint density at radius 3 is 2.18 bits per heavy atom. The first-order chi connectivity index (χ1) is 27.4. The summed E-state index contributed by atoms with van der Waals surface area (Å²) in [4.78, 5) is 17.0. The molecular formula is C46H45N3O7. The molecule has 10 heteroatoms. The van der Waals surface area contributed by atoms with Crippen molar-refractivity contribution in [1.29, 1.82) is 0 Å². The summed E-state index contributed by atoms with van der Waals surface area (Å²) in [5.74, 6) is 4.42. The molecule has 1 amide bonds. The third kappa shape index (κ3) is 6.19. The molecule has 0 saturated carbocycles. The van der Waals surface area contributed by atoms with Crippen LogP contribution < -0.4 is 33.4 Å². The number of likely N-dealkylation sites (N-methyl/N-ethyl adjacent to an activating group) is 1. The third-order valence-corrected chi connectivity index (χ3v) is 11.6. The molecule has 5 aliphatic heterocycles. The van der Waals surface area contributed by atoms with Crippen molar-refractivity contribution in [3.8, 4) is 46.0 Å². The van der Waals surface area contributed by atoms with Gasteiger partial charge < -0.3 is 28.4 Å². The molecule has 0 saturated heterocycles. The molecule has 5 aromatic rings. The maximum Gasteiger partial charge on any atom is 0.265 e. The van der Waals surface area contributed by atoms with Gasteiger partial charge in [-0.25, -0.2) is 10.0 Å². The monoisotopic (exact) mass is 751 g/mol. The largest absolute Gasteiger partial charge is 0.493 e. The highest BCUT2D eigenvalue weighted by atomic mass is 16.5. The number of ether oxygens (including phenoxy) is 6. The van der Waals surface area contributed by atoms with Crippen LogP contribution in [0.2, 0.25) is 0 Å². The molecule has 2 atom stereocenters. The average molecular weight is 752 g/mol. The molecule has 10 rings (SSSR count). The zero-order valence-electron chi connectivity index (χ0n) is 32.3. The number of anilines is 1. The molecule has 0 N–H and O–H groups in total. The second-order valence-electron chi connectivity index (χ2n) is 14.7. The molecule has 0 fully saturated rings. The van der Waals surface area contributed by atoms with Crippen molar-refractivity contribution in [3.05, 3.63) is 130 Å². The molecule has 286 valence electrons. The summed E-state index contributed by atoms with van der Waals surface area (Å²) in [5, 5.41) is 3.93. The molecule has 0 spiro atoms. The number of nitrogens with zero attached hydrogens (tertiary/aromatic N) is 3. The molecule has 5 aliphatic rings. The van der Waals surface area contributed by atoms with Gasteiger partial charge in [-0.1, -0.05) is 42.5 Å². The second kappa shape index (κ2) is 14.6. The first-order valence-electron chi connectivity index (χ1n) is 19.1. The molecule has 7 bridgehead atoms. The highest BCUT2D eigenvalue weighted by Crippen LogP contribution is 2.54. The maximum absolute atomic E-state index is 14.6. The van der Waals surface area contributed by atoms with Crippen LogP contribution in [0.1, 0.15) is 51.0 Å². The summed E-state index contributed by atoms with van der Waals surface area (Å²) in [5.41, 5.74) is 8.18. The quantitative estimate of drug-likeness (QED) is 0.159. The topological polar surface area (TPSA) is 82.2 Å². The molecule has 5 aromatic carbocycles. The van der Waals surface area contributed by atoms with Crippen LogP contribution in [0.4, 0.5) is 5.69 Å². The average Bonchev–Trinajstić information content (AvgIpc) is 3.22. The third-order valence-electron chi connectivity index (χ3n) is 11.6. The van der Waals surface area contributed by atoms with E-state index < -0.39 is 0 Å². The number of amides is 1. The molecule has 0 radical (unpaired) electrons. The zero-order valence-corrected chi connectivity index (χ0v) is 32.3. The van der Waals surface area contributed by atoms with Crippen molar-refractivity contribution in [2.24, 2.45) is 0 Å². The van der Waals surface area contributed by atoms with Gasteiger partial charge in [-0.05, 0) is 109 Å². The van der Waals surface area contributed by atoms with Crippen LogP contribution in [0.15, 0.2) is 91.0 Å². The van der Waals surface area contributed by atoms with Gasteiger partial charge in [0.2, 0.25) is 5.75 Å². The van der Waals surface area contributed by atoms with Crippen LogP contribution in [0.3, 0.4) is 0 Å². The van der Waals surface area contributed by atoms with Gasteiger partial charge in [0.05, 0.1) is 40.2 Å². The number of hydrazine groups is 1. The number of methoxy groups -OCH3 is 4. The lowest BCUT2D eigenvalue weighted by Gasteiger charge is -2.48. The van der Waals surface area contributed by atoms with Crippen molar-refractivity contribution in [1.82, 2.24) is 9.91 Å². The van der Waals surface area contributed by atoms with E-state index in [1.165, 1.54) is 16.7 Å². The minimum Gasteiger partial charge on any atom is -0.493 e. The van der Waals surface area contributed by atoms with E-state index in [1.807, 2.05) is 66.7 Å². The minimum atomic E-state index is -0.322. The number of benzene rings is 5. The molecule has 0 aromatic heterocycles. The van der Waals surface area contributed by atoms with Gasteiger partial charge >= 0.3 is 0 Å². The normalized spacial score (nSPS) is 18.5. The predicted octanol–water partition coefficient (Wildman–Crippen LogP) is 8.51. The number of carbonyl (C=O) groups is 1. The van der Waals surface area contributed by atoms with E-state index in [4.69, 9.17) is 28.4 Å². The van der Waals surface area contributed by atoms with Gasteiger partial charge in [0.15, 0.2) is 34.5 Å². The fourth-order valence-corrected chi connectivity index (χ4v) is 8.77. The fourth-order valence-electron chi connectivity index (χ4n) is 8.77. The summed E-state index contributed by atoms with van der Waals surface area (Å²) in [6, 6.07) is 28.1. The van der Waals surface area contributed by atoms with E-state index in [0.717, 1.165) is 47.3 Å². The zero-order chi connectivity index (χ0) is 38.5. The Labute approximate surface area is 327 Å². The van der Waals surface area contributed by atoms with Crippen LogP contribution in [-0.4, -0.2) is 64.4 Å². The first kappa shape index (κ1) is 35.7. The highest BCUT2D eigenvalue weighted by molar-refractivity contribution is 6.04. The van der Waals surface area contributed by atoms with E-state index in [1.54, 1.807) is 39.5 Å². The molecule has 5 heterocycles. The Hall–Kier alpha value is -5.97. The van der Waals surface area contributed by atoms with Gasteiger partial charge in [-0.3, -0.25) is 9.69 Å². The SMILES string of the molecule is COc1cc2c3cc1Oc1ccc(cc1)CC1c4cc(c(OC)cc4CCN1C)Oc1c(OC)c(OC)cc4c1[C@H](C3)N(CC4)N2C(=O)/C=C/c1ccccc1. The standard InChI is InChI=1S/C46H45N3O7/c1-47-19-17-30-23-38(51-2)41-26-34(30)36(47)21-29-11-14-33(15-12-29)55-40-25-32-22-37-44-31(24-42(53-4)45(54-5)46(44)56-41)18-20-48(37)49(35(32)27-39(40)52-3)43(50)16-13-28-9-7-6-8-10-28/h6-16,23-27,36-37H,17-22H2,1-5H3/b16-13+/t36?,37-/m0/s1. The lowest BCUT2D eigenvalue weighted by molar-refractivity contribution is -0.118. The molecular weight excluding hydrogens is 707 g/mol. The van der Waals surface area contributed by atoms with Gasteiger partial charge in [-0.15, -0.1) is 0 Å². The Morgan fingerprint density at radius 2 is 1.43 bits per heavy atom. The van der Waals surface area contributed by atoms with Gasteiger partial charge in [0.1, 0.15) is 5.75 Å². The number of hydrogen-bond donors (Lipinski definition) is 0. The molecule has 10 nitrogen and oxygen atoms in total. The van der Waals surface area contributed by atoms with Crippen LogP contribution in [-0.2, 0) is 30.5 Å². The van der Waals surface area contributed by atoms with Crippen LogP contribution in [0.25, 0.3) is 6.08 Å². The summed E-state index contributed by atoms with van der Waals surface area (Å²) in [6.45, 7) is 1.49. The minimum absolute atomic E-state index is 0.103. The Bertz CT molecular complexity index is 2340. The van der Waals surface area contributed by atoms with Crippen LogP contribution in [0.5, 0.6) is 46.0 Å². The number of rotatable bonds is 6. The number of fused-ring (bicyclic) bond motifs is 2. The van der Waals surface area contributed by atoms with Gasteiger partial charge in [0, 0.05) is 36.8 Å². The maximum atomic E-state index is 14.6. The van der Waals surface area contributed by atoms with Crippen molar-refractivity contribution in [2.45, 2.75) is 37.8 Å². The Balaban J connectivity index is 1.28. The lowest BCUT2D eigenvalue weighted by Crippen LogP contribution is -2.54. The van der Waals surface area contributed by atoms with Gasteiger partial charge in [0.25, 0.3) is 5.91 Å². The van der Waals surface area contributed by atoms with E-state index >= 15 is 0 Å². The van der Waals surface area contributed by atoms with E-state index in [-0.39, 0.29) is 18.0 Å². The Kier molecular flexibility index (Phi) is 9.31. The van der Waals surface area contributed by atoms with E-state index in [0.29, 0.717) is 65.4 Å². The van der Waals surface area contributed by atoms with Crippen molar-refractivity contribution in [2.75, 3.05) is 53.6 Å². The van der Waals surface area contributed by atoms with Crippen molar-refractivity contribution in [3.63, 3.8) is 0 Å². The smallest absolute Gasteiger partial charge is 0.265 e. The number of hydrogen-bond acceptors (Lipinski definition) is 9. The molecule has 1 unspecified atom stereocenters. The highest BCUT2D eigenvalue weighted by Gasteiger charge is 2.43. The lowest BCUT2D eigenvalue weighted by atomic mass is 9.85. The summed E-state index contributed by atoms with van der Waals surface area (Å²) >= 11 is 0. The van der Waals surface area contributed by atoms with Crippen molar-refractivity contribution >= 4 is 17.7 Å². The van der Waals surface area contributed by atoms with Gasteiger partial charge in [-0.2, -0.15) is 0 Å². The first-order valence-corrected chi connectivity index (χ1v) is 19.1. The predicted molar refractivity (Wildman–Crippen MR) is 215 cm³/mol. The van der Waals surface area contributed by atoms with E-state index in [9.17, 15) is 4.79 Å². The second-order valence-corrected chi connectivity index (χ2v) is 14.7.